The number of hydrogen-bond acceptors (Lipinski definition) is 3. The molecule has 0 aliphatic rings. The van der Waals surface area contributed by atoms with Crippen LogP contribution in [0, 0.1) is 10.8 Å². The van der Waals surface area contributed by atoms with E-state index in [1.54, 1.807) is 0 Å². The fraction of sp³-hybridized carbons (Fsp3) is 0.586. The molecule has 0 amide bonds. The van der Waals surface area contributed by atoms with Crippen LogP contribution >= 0.6 is 0 Å². The van der Waals surface area contributed by atoms with Gasteiger partial charge in [0.25, 0.3) is 0 Å². The molecule has 0 saturated carbocycles. The molecule has 0 spiro atoms. The second-order valence-corrected chi connectivity index (χ2v) is 13.8. The smallest absolute Gasteiger partial charge is 0.418 e. The van der Waals surface area contributed by atoms with Crippen molar-refractivity contribution in [2.45, 2.75) is 99.1 Å². The summed E-state index contributed by atoms with van der Waals surface area (Å²) in [7, 11) is 0. The highest BCUT2D eigenvalue weighted by atomic mass is 19.4. The van der Waals surface area contributed by atoms with E-state index in [0.717, 1.165) is 34.8 Å². The number of phenolic OH excluding ortho intramolecular Hbond substituents is 1. The van der Waals surface area contributed by atoms with Crippen LogP contribution in [0.2, 0.25) is 0 Å². The third kappa shape index (κ3) is 6.04. The van der Waals surface area contributed by atoms with Crippen LogP contribution in [0.4, 0.5) is 13.2 Å². The summed E-state index contributed by atoms with van der Waals surface area (Å²) in [4.78, 5) is 1.16. The number of benzene rings is 2. The van der Waals surface area contributed by atoms with Gasteiger partial charge >= 0.3 is 6.18 Å². The van der Waals surface area contributed by atoms with Gasteiger partial charge in [-0.25, -0.2) is 0 Å². The van der Waals surface area contributed by atoms with Crippen LogP contribution in [0.5, 0.6) is 5.75 Å². The maximum Gasteiger partial charge on any atom is 0.418 e. The van der Waals surface area contributed by atoms with Crippen molar-refractivity contribution in [3.05, 3.63) is 47.0 Å². The van der Waals surface area contributed by atoms with Gasteiger partial charge in [0.15, 0.2) is 0 Å². The molecule has 1 heterocycles. The van der Waals surface area contributed by atoms with E-state index >= 15 is 0 Å². The predicted octanol–water partition coefficient (Wildman–Crippen LogP) is 8.57. The van der Waals surface area contributed by atoms with Gasteiger partial charge in [-0.15, -0.1) is 15.0 Å². The van der Waals surface area contributed by atoms with Crippen LogP contribution in [-0.4, -0.2) is 20.1 Å². The molecule has 0 aliphatic carbocycles. The molecule has 0 saturated heterocycles. The molecular weight excluding hydrogens is 463 g/mol. The average molecular weight is 504 g/mol. The van der Waals surface area contributed by atoms with Gasteiger partial charge in [-0.2, -0.15) is 13.2 Å². The molecule has 7 heteroatoms. The number of aromatic nitrogens is 3. The van der Waals surface area contributed by atoms with Crippen LogP contribution in [0.25, 0.3) is 16.7 Å². The number of alkyl halides is 3. The first-order chi connectivity index (χ1) is 16.1. The van der Waals surface area contributed by atoms with E-state index in [4.69, 9.17) is 0 Å². The van der Waals surface area contributed by atoms with Gasteiger partial charge < -0.3 is 5.11 Å². The Morgan fingerprint density at radius 1 is 0.750 bits per heavy atom. The van der Waals surface area contributed by atoms with E-state index in [2.05, 4.69) is 85.5 Å². The Balaban J connectivity index is 2.32. The molecule has 4 nitrogen and oxygen atoms in total. The van der Waals surface area contributed by atoms with E-state index in [0.29, 0.717) is 0 Å². The van der Waals surface area contributed by atoms with Gasteiger partial charge in [-0.3, -0.25) is 0 Å². The largest absolute Gasteiger partial charge is 0.505 e. The van der Waals surface area contributed by atoms with Gasteiger partial charge in [-0.1, -0.05) is 81.4 Å². The summed E-state index contributed by atoms with van der Waals surface area (Å²) in [6.07, 6.45) is -2.89. The van der Waals surface area contributed by atoms with E-state index in [9.17, 15) is 18.3 Å². The molecule has 0 atom stereocenters. The lowest BCUT2D eigenvalue weighted by Gasteiger charge is -2.37. The van der Waals surface area contributed by atoms with Crippen molar-refractivity contribution in [2.75, 3.05) is 0 Å². The Morgan fingerprint density at radius 2 is 1.31 bits per heavy atom. The number of nitrogens with zero attached hydrogens (tertiary/aromatic N) is 3. The molecule has 36 heavy (non-hydrogen) atoms. The van der Waals surface area contributed by atoms with Crippen LogP contribution in [0.3, 0.4) is 0 Å². The summed E-state index contributed by atoms with van der Waals surface area (Å²) in [5.41, 5.74) is 0.420. The van der Waals surface area contributed by atoms with Crippen molar-refractivity contribution in [3.8, 4) is 11.4 Å². The molecule has 0 aliphatic heterocycles. The molecule has 1 aromatic heterocycles. The second kappa shape index (κ2) is 8.77. The number of aromatic hydroxyl groups is 1. The average Bonchev–Trinajstić information content (AvgIpc) is 3.06. The minimum Gasteiger partial charge on any atom is -0.505 e. The summed E-state index contributed by atoms with van der Waals surface area (Å²) in [5.74, 6) is -0.00609. The van der Waals surface area contributed by atoms with Crippen molar-refractivity contribution in [1.29, 1.82) is 0 Å². The number of hydrogen-bond donors (Lipinski definition) is 1. The first kappa shape index (κ1) is 28.0. The Labute approximate surface area is 212 Å². The Hall–Kier alpha value is -2.57. The lowest BCUT2D eigenvalue weighted by molar-refractivity contribution is -0.136. The van der Waals surface area contributed by atoms with Crippen molar-refractivity contribution in [2.24, 2.45) is 10.8 Å². The normalized spacial score (nSPS) is 14.0. The maximum absolute atomic E-state index is 13.6. The lowest BCUT2D eigenvalue weighted by Crippen LogP contribution is -2.28. The summed E-state index contributed by atoms with van der Waals surface area (Å²) < 4.78 is 40.9. The topological polar surface area (TPSA) is 50.9 Å². The molecule has 2 aromatic carbocycles. The van der Waals surface area contributed by atoms with Crippen LogP contribution in [0.1, 0.15) is 98.8 Å². The molecule has 3 rings (SSSR count). The Bertz CT molecular complexity index is 1260. The van der Waals surface area contributed by atoms with Gasteiger partial charge in [0.1, 0.15) is 22.5 Å². The highest BCUT2D eigenvalue weighted by Crippen LogP contribution is 2.46. The minimum absolute atomic E-state index is 0.00609. The first-order valence-electron chi connectivity index (χ1n) is 12.4. The first-order valence-corrected chi connectivity index (χ1v) is 12.4. The van der Waals surface area contributed by atoms with E-state index in [-0.39, 0.29) is 38.7 Å². The molecule has 0 unspecified atom stereocenters. The third-order valence-electron chi connectivity index (χ3n) is 6.48. The van der Waals surface area contributed by atoms with Crippen LogP contribution < -0.4 is 0 Å². The van der Waals surface area contributed by atoms with E-state index in [1.807, 2.05) is 6.07 Å². The highest BCUT2D eigenvalue weighted by molar-refractivity contribution is 5.78. The molecular formula is C29H40F3N3O. The quantitative estimate of drug-likeness (QED) is 0.379. The van der Waals surface area contributed by atoms with Gasteiger partial charge in [-0.05, 0) is 58.3 Å². The summed E-state index contributed by atoms with van der Waals surface area (Å²) in [6.45, 7) is 21.5. The summed E-state index contributed by atoms with van der Waals surface area (Å²) >= 11 is 0. The molecule has 0 fully saturated rings. The SMILES string of the molecule is CC(C)(C)CC(C)(C)c1cc(-n2nc3cccc(C(F)(F)F)c3n2)c(O)c(C(C)(C)CC(C)(C)C)c1. The maximum atomic E-state index is 13.6. The molecule has 0 radical (unpaired) electrons. The van der Waals surface area contributed by atoms with Crippen LogP contribution in [-0.2, 0) is 17.0 Å². The van der Waals surface area contributed by atoms with Crippen LogP contribution in [0.15, 0.2) is 30.3 Å². The number of rotatable bonds is 5. The fourth-order valence-electron chi connectivity index (χ4n) is 5.80. The fourth-order valence-corrected chi connectivity index (χ4v) is 5.80. The van der Waals surface area contributed by atoms with Crippen molar-refractivity contribution >= 4 is 11.0 Å². The molecule has 198 valence electrons. The van der Waals surface area contributed by atoms with Crippen molar-refractivity contribution in [3.63, 3.8) is 0 Å². The number of phenols is 1. The second-order valence-electron chi connectivity index (χ2n) is 13.8. The summed E-state index contributed by atoms with van der Waals surface area (Å²) in [6, 6.07) is 7.71. The highest BCUT2D eigenvalue weighted by Gasteiger charge is 2.36. The molecule has 3 aromatic rings. The summed E-state index contributed by atoms with van der Waals surface area (Å²) in [5, 5.41) is 20.1. The molecule has 0 bridgehead atoms. The zero-order valence-electron chi connectivity index (χ0n) is 23.2. The predicted molar refractivity (Wildman–Crippen MR) is 140 cm³/mol. The van der Waals surface area contributed by atoms with Gasteiger partial charge in [0.05, 0.1) is 5.56 Å². The van der Waals surface area contributed by atoms with Crippen molar-refractivity contribution < 1.29 is 18.3 Å². The van der Waals surface area contributed by atoms with Gasteiger partial charge in [0.2, 0.25) is 0 Å². The minimum atomic E-state index is -4.56. The lowest BCUT2D eigenvalue weighted by atomic mass is 9.68. The Morgan fingerprint density at radius 3 is 1.83 bits per heavy atom. The standard InChI is InChI=1S/C29H40F3N3O/c1-25(2,3)16-27(7,8)18-14-20(28(9,10)17-26(4,5)6)24(36)22(15-18)35-33-21-13-11-12-19(23(21)34-35)29(30,31)32/h11-15,36H,16-17H2,1-10H3. The molecule has 1 N–H and O–H groups in total. The number of halogens is 3. The Kier molecular flexibility index (Phi) is 6.83. The zero-order chi connectivity index (χ0) is 27.5. The number of fused-ring (bicyclic) bond motifs is 1. The van der Waals surface area contributed by atoms with Crippen molar-refractivity contribution in [1.82, 2.24) is 15.0 Å². The third-order valence-corrected chi connectivity index (χ3v) is 6.48. The zero-order valence-corrected chi connectivity index (χ0v) is 23.2. The van der Waals surface area contributed by atoms with Gasteiger partial charge in [0, 0.05) is 5.56 Å². The van der Waals surface area contributed by atoms with E-state index in [1.165, 1.54) is 12.1 Å². The monoisotopic (exact) mass is 503 g/mol. The van der Waals surface area contributed by atoms with E-state index < -0.39 is 17.2 Å².